The summed E-state index contributed by atoms with van der Waals surface area (Å²) in [6.07, 6.45) is 2.45. The van der Waals surface area contributed by atoms with Crippen molar-refractivity contribution in [2.75, 3.05) is 40.3 Å². The standard InChI is InChI=1S/C14H25N5O/c1-10-5-4-6-15-12(10)14-16-13(17-20-14)11-9-18(2)7-8-19(11)3/h10-12,15H,4-9H2,1-3H3. The van der Waals surface area contributed by atoms with Crippen molar-refractivity contribution >= 4 is 0 Å². The molecule has 6 heteroatoms. The van der Waals surface area contributed by atoms with Crippen molar-refractivity contribution in [1.82, 2.24) is 25.3 Å². The van der Waals surface area contributed by atoms with E-state index >= 15 is 0 Å². The van der Waals surface area contributed by atoms with E-state index in [9.17, 15) is 0 Å². The lowest BCUT2D eigenvalue weighted by atomic mass is 9.93. The van der Waals surface area contributed by atoms with Crippen molar-refractivity contribution in [3.8, 4) is 0 Å². The minimum atomic E-state index is 0.219. The fourth-order valence-corrected chi connectivity index (χ4v) is 3.18. The zero-order chi connectivity index (χ0) is 14.1. The van der Waals surface area contributed by atoms with Gasteiger partial charge < -0.3 is 14.7 Å². The summed E-state index contributed by atoms with van der Waals surface area (Å²) < 4.78 is 5.54. The molecular formula is C14H25N5O. The summed E-state index contributed by atoms with van der Waals surface area (Å²) in [6.45, 7) is 6.39. The summed E-state index contributed by atoms with van der Waals surface area (Å²) in [6, 6.07) is 0.460. The highest BCUT2D eigenvalue weighted by Gasteiger charge is 2.31. The fraction of sp³-hybridized carbons (Fsp3) is 0.857. The van der Waals surface area contributed by atoms with E-state index in [4.69, 9.17) is 4.52 Å². The number of hydrogen-bond donors (Lipinski definition) is 1. The lowest BCUT2D eigenvalue weighted by Gasteiger charge is -2.35. The van der Waals surface area contributed by atoms with Gasteiger partial charge in [-0.05, 0) is 39.4 Å². The summed E-state index contributed by atoms with van der Waals surface area (Å²) in [5.41, 5.74) is 0. The molecule has 0 aliphatic carbocycles. The van der Waals surface area contributed by atoms with Crippen molar-refractivity contribution in [2.24, 2.45) is 5.92 Å². The largest absolute Gasteiger partial charge is 0.338 e. The Morgan fingerprint density at radius 1 is 1.30 bits per heavy atom. The normalized spacial score (nSPS) is 33.5. The fourth-order valence-electron chi connectivity index (χ4n) is 3.18. The first-order chi connectivity index (χ1) is 9.65. The highest BCUT2D eigenvalue weighted by atomic mass is 16.5. The van der Waals surface area contributed by atoms with Crippen LogP contribution in [0, 0.1) is 5.92 Å². The third-order valence-corrected chi connectivity index (χ3v) is 4.64. The van der Waals surface area contributed by atoms with Gasteiger partial charge in [0.2, 0.25) is 5.89 Å². The number of piperidine rings is 1. The Morgan fingerprint density at radius 3 is 2.95 bits per heavy atom. The SMILES string of the molecule is CC1CCCNC1c1nc(C2CN(C)CCN2C)no1. The molecule has 0 saturated carbocycles. The second-order valence-corrected chi connectivity index (χ2v) is 6.30. The van der Waals surface area contributed by atoms with Crippen LogP contribution in [0.1, 0.15) is 43.6 Å². The van der Waals surface area contributed by atoms with Gasteiger partial charge in [0.1, 0.15) is 0 Å². The molecule has 1 aromatic rings. The predicted octanol–water partition coefficient (Wildman–Crippen LogP) is 1.05. The van der Waals surface area contributed by atoms with Crippen molar-refractivity contribution < 1.29 is 4.52 Å². The molecule has 3 atom stereocenters. The Labute approximate surface area is 120 Å². The highest BCUT2D eigenvalue weighted by molar-refractivity contribution is 5.02. The van der Waals surface area contributed by atoms with Gasteiger partial charge >= 0.3 is 0 Å². The van der Waals surface area contributed by atoms with Crippen LogP contribution in [0.4, 0.5) is 0 Å². The Bertz CT molecular complexity index is 449. The van der Waals surface area contributed by atoms with Crippen LogP contribution in [-0.2, 0) is 0 Å². The molecular weight excluding hydrogens is 254 g/mol. The third-order valence-electron chi connectivity index (χ3n) is 4.64. The molecule has 3 rings (SSSR count). The monoisotopic (exact) mass is 279 g/mol. The quantitative estimate of drug-likeness (QED) is 0.873. The van der Waals surface area contributed by atoms with E-state index in [1.165, 1.54) is 12.8 Å². The van der Waals surface area contributed by atoms with E-state index in [1.54, 1.807) is 0 Å². The maximum absolute atomic E-state index is 5.54. The number of nitrogens with one attached hydrogen (secondary N) is 1. The summed E-state index contributed by atoms with van der Waals surface area (Å²) in [4.78, 5) is 9.32. The van der Waals surface area contributed by atoms with Gasteiger partial charge in [-0.1, -0.05) is 12.1 Å². The first kappa shape index (κ1) is 14.0. The van der Waals surface area contributed by atoms with Gasteiger partial charge in [0.15, 0.2) is 5.82 Å². The predicted molar refractivity (Wildman–Crippen MR) is 76.3 cm³/mol. The Hall–Kier alpha value is -0.980. The third kappa shape index (κ3) is 2.73. The van der Waals surface area contributed by atoms with Crippen LogP contribution in [0.25, 0.3) is 0 Å². The molecule has 0 amide bonds. The molecule has 0 radical (unpaired) electrons. The molecule has 2 aliphatic heterocycles. The molecule has 6 nitrogen and oxygen atoms in total. The molecule has 2 fully saturated rings. The van der Waals surface area contributed by atoms with Crippen molar-refractivity contribution in [2.45, 2.75) is 31.8 Å². The summed E-state index contributed by atoms with van der Waals surface area (Å²) >= 11 is 0. The van der Waals surface area contributed by atoms with Crippen LogP contribution in [0.5, 0.6) is 0 Å². The first-order valence-electron chi connectivity index (χ1n) is 7.61. The number of hydrogen-bond acceptors (Lipinski definition) is 6. The Balaban J connectivity index is 1.75. The van der Waals surface area contributed by atoms with Crippen LogP contribution in [0.3, 0.4) is 0 Å². The van der Waals surface area contributed by atoms with E-state index in [1.807, 2.05) is 0 Å². The lowest BCUT2D eigenvalue weighted by molar-refractivity contribution is 0.108. The molecule has 0 aromatic carbocycles. The molecule has 0 bridgehead atoms. The minimum Gasteiger partial charge on any atom is -0.338 e. The zero-order valence-electron chi connectivity index (χ0n) is 12.7. The maximum Gasteiger partial charge on any atom is 0.244 e. The zero-order valence-corrected chi connectivity index (χ0v) is 12.7. The second-order valence-electron chi connectivity index (χ2n) is 6.30. The van der Waals surface area contributed by atoms with Crippen LogP contribution in [0.2, 0.25) is 0 Å². The second kappa shape index (κ2) is 5.79. The summed E-state index contributed by atoms with van der Waals surface area (Å²) in [7, 11) is 4.28. The Morgan fingerprint density at radius 2 is 2.15 bits per heavy atom. The molecule has 1 aromatic heterocycles. The maximum atomic E-state index is 5.54. The van der Waals surface area contributed by atoms with Gasteiger partial charge in [0.05, 0.1) is 12.1 Å². The summed E-state index contributed by atoms with van der Waals surface area (Å²) in [5, 5.41) is 7.74. The van der Waals surface area contributed by atoms with Gasteiger partial charge in [-0.2, -0.15) is 4.98 Å². The van der Waals surface area contributed by atoms with Gasteiger partial charge in [0.25, 0.3) is 0 Å². The first-order valence-corrected chi connectivity index (χ1v) is 7.61. The van der Waals surface area contributed by atoms with E-state index < -0.39 is 0 Å². The van der Waals surface area contributed by atoms with Crippen LogP contribution < -0.4 is 5.32 Å². The van der Waals surface area contributed by atoms with Crippen LogP contribution >= 0.6 is 0 Å². The number of likely N-dealkylation sites (N-methyl/N-ethyl adjacent to an activating group) is 2. The highest BCUT2D eigenvalue weighted by Crippen LogP contribution is 2.29. The number of nitrogens with zero attached hydrogens (tertiary/aromatic N) is 4. The average Bonchev–Trinajstić information content (AvgIpc) is 2.91. The van der Waals surface area contributed by atoms with Crippen molar-refractivity contribution in [3.63, 3.8) is 0 Å². The number of rotatable bonds is 2. The van der Waals surface area contributed by atoms with E-state index in [0.29, 0.717) is 5.92 Å². The van der Waals surface area contributed by atoms with E-state index in [2.05, 4.69) is 46.3 Å². The summed E-state index contributed by atoms with van der Waals surface area (Å²) in [5.74, 6) is 2.14. The smallest absolute Gasteiger partial charge is 0.244 e. The molecule has 2 aliphatic rings. The van der Waals surface area contributed by atoms with Gasteiger partial charge in [-0.3, -0.25) is 4.90 Å². The molecule has 2 saturated heterocycles. The van der Waals surface area contributed by atoms with E-state index in [0.717, 1.165) is 37.9 Å². The molecule has 112 valence electrons. The molecule has 1 N–H and O–H groups in total. The molecule has 0 spiro atoms. The minimum absolute atomic E-state index is 0.219. The lowest BCUT2D eigenvalue weighted by Crippen LogP contribution is -2.45. The molecule has 3 unspecified atom stereocenters. The molecule has 20 heavy (non-hydrogen) atoms. The van der Waals surface area contributed by atoms with Crippen molar-refractivity contribution in [1.29, 1.82) is 0 Å². The molecule has 3 heterocycles. The van der Waals surface area contributed by atoms with Gasteiger partial charge in [0, 0.05) is 19.6 Å². The van der Waals surface area contributed by atoms with Gasteiger partial charge in [-0.15, -0.1) is 0 Å². The number of piperazine rings is 1. The number of aromatic nitrogens is 2. The van der Waals surface area contributed by atoms with E-state index in [-0.39, 0.29) is 12.1 Å². The van der Waals surface area contributed by atoms with Crippen LogP contribution in [-0.4, -0.2) is 60.2 Å². The van der Waals surface area contributed by atoms with Crippen molar-refractivity contribution in [3.05, 3.63) is 11.7 Å². The van der Waals surface area contributed by atoms with Crippen LogP contribution in [0.15, 0.2) is 4.52 Å². The Kier molecular flexibility index (Phi) is 4.05. The van der Waals surface area contributed by atoms with Gasteiger partial charge in [-0.25, -0.2) is 0 Å². The topological polar surface area (TPSA) is 57.4 Å². The average molecular weight is 279 g/mol.